The highest BCUT2D eigenvalue weighted by molar-refractivity contribution is 4.57. The second-order valence-corrected chi connectivity index (χ2v) is 5.30. The van der Waals surface area contributed by atoms with Crippen LogP contribution in [0.4, 0.5) is 0 Å². The van der Waals surface area contributed by atoms with Gasteiger partial charge >= 0.3 is 0 Å². The Morgan fingerprint density at radius 3 is 2.57 bits per heavy atom. The average Bonchev–Trinajstić information content (AvgIpc) is 2.49. The van der Waals surface area contributed by atoms with E-state index in [0.717, 1.165) is 6.42 Å². The molecule has 0 heterocycles. The molecular weight excluding hydrogens is 276 g/mol. The van der Waals surface area contributed by atoms with Crippen molar-refractivity contribution in [3.8, 4) is 0 Å². The quantitative estimate of drug-likeness (QED) is 0.238. The van der Waals surface area contributed by atoms with Gasteiger partial charge in [0.1, 0.15) is 12.7 Å². The third kappa shape index (κ3) is 13.1. The molecule has 0 bridgehead atoms. The summed E-state index contributed by atoms with van der Waals surface area (Å²) in [7, 11) is 0. The van der Waals surface area contributed by atoms with Crippen molar-refractivity contribution in [3.05, 3.63) is 0 Å². The zero-order valence-electron chi connectivity index (χ0n) is 13.5. The maximum absolute atomic E-state index is 9.64. The lowest BCUT2D eigenvalue weighted by Crippen LogP contribution is -2.33. The molecule has 21 heavy (non-hydrogen) atoms. The van der Waals surface area contributed by atoms with Crippen LogP contribution in [0.5, 0.6) is 0 Å². The van der Waals surface area contributed by atoms with E-state index in [1.807, 2.05) is 6.92 Å². The third-order valence-corrected chi connectivity index (χ3v) is 3.15. The van der Waals surface area contributed by atoms with E-state index < -0.39 is 6.10 Å². The first-order chi connectivity index (χ1) is 10.1. The molecule has 0 fully saturated rings. The second kappa shape index (κ2) is 14.6. The van der Waals surface area contributed by atoms with Crippen LogP contribution in [0.15, 0.2) is 0 Å². The van der Waals surface area contributed by atoms with E-state index in [1.165, 1.54) is 19.3 Å². The van der Waals surface area contributed by atoms with Crippen LogP contribution >= 0.6 is 0 Å². The molecule has 0 spiro atoms. The van der Waals surface area contributed by atoms with Crippen molar-refractivity contribution in [1.29, 1.82) is 0 Å². The molecule has 7 heteroatoms. The predicted octanol–water partition coefficient (Wildman–Crippen LogP) is 1.31. The Hall–Kier alpha value is -0.280. The standard InChI is InChI=1S/C14H32N2O5/c1-4-6-7-13(5-2)9-18-10-14(17)11-19-21-20-16-12(3)8-15/h12-14,16-17H,4-11,15H2,1-3H3. The van der Waals surface area contributed by atoms with E-state index in [0.29, 0.717) is 19.1 Å². The van der Waals surface area contributed by atoms with Crippen molar-refractivity contribution in [1.82, 2.24) is 5.48 Å². The summed E-state index contributed by atoms with van der Waals surface area (Å²) in [4.78, 5) is 9.22. The first-order valence-electron chi connectivity index (χ1n) is 7.80. The van der Waals surface area contributed by atoms with Crippen LogP contribution in [-0.2, 0) is 19.7 Å². The summed E-state index contributed by atoms with van der Waals surface area (Å²) >= 11 is 0. The van der Waals surface area contributed by atoms with E-state index in [9.17, 15) is 5.11 Å². The summed E-state index contributed by atoms with van der Waals surface area (Å²) in [5, 5.41) is 14.0. The molecule has 128 valence electrons. The number of aliphatic hydroxyl groups is 1. The van der Waals surface area contributed by atoms with Gasteiger partial charge in [-0.1, -0.05) is 33.1 Å². The van der Waals surface area contributed by atoms with Crippen molar-refractivity contribution in [3.63, 3.8) is 0 Å². The SMILES string of the molecule is CCCCC(CC)COCC(O)COOONC(C)CN. The zero-order chi connectivity index (χ0) is 15.9. The van der Waals surface area contributed by atoms with Crippen molar-refractivity contribution in [2.45, 2.75) is 58.6 Å². The predicted molar refractivity (Wildman–Crippen MR) is 79.9 cm³/mol. The minimum Gasteiger partial charge on any atom is -0.388 e. The number of rotatable bonds is 15. The van der Waals surface area contributed by atoms with Crippen LogP contribution in [0, 0.1) is 5.92 Å². The Kier molecular flexibility index (Phi) is 14.5. The van der Waals surface area contributed by atoms with Crippen LogP contribution in [0.25, 0.3) is 0 Å². The zero-order valence-corrected chi connectivity index (χ0v) is 13.5. The van der Waals surface area contributed by atoms with Gasteiger partial charge in [0.25, 0.3) is 0 Å². The van der Waals surface area contributed by atoms with Gasteiger partial charge in [0.2, 0.25) is 0 Å². The lowest BCUT2D eigenvalue weighted by atomic mass is 10.0. The van der Waals surface area contributed by atoms with Crippen molar-refractivity contribution >= 4 is 0 Å². The van der Waals surface area contributed by atoms with Gasteiger partial charge in [-0.3, -0.25) is 0 Å². The van der Waals surface area contributed by atoms with E-state index >= 15 is 0 Å². The Bertz CT molecular complexity index is 222. The molecular formula is C14H32N2O5. The largest absolute Gasteiger partial charge is 0.388 e. The highest BCUT2D eigenvalue weighted by Crippen LogP contribution is 2.12. The highest BCUT2D eigenvalue weighted by Gasteiger charge is 2.10. The second-order valence-electron chi connectivity index (χ2n) is 5.30. The average molecular weight is 308 g/mol. The van der Waals surface area contributed by atoms with Gasteiger partial charge in [0.15, 0.2) is 0 Å². The van der Waals surface area contributed by atoms with Crippen molar-refractivity contribution < 1.29 is 24.8 Å². The Morgan fingerprint density at radius 2 is 1.95 bits per heavy atom. The van der Waals surface area contributed by atoms with E-state index in [2.05, 4.69) is 34.2 Å². The van der Waals surface area contributed by atoms with Gasteiger partial charge < -0.3 is 15.6 Å². The van der Waals surface area contributed by atoms with Gasteiger partial charge in [-0.2, -0.15) is 5.48 Å². The first-order valence-corrected chi connectivity index (χ1v) is 7.80. The van der Waals surface area contributed by atoms with Crippen LogP contribution in [0.1, 0.15) is 46.5 Å². The van der Waals surface area contributed by atoms with Gasteiger partial charge in [0.05, 0.1) is 6.61 Å². The van der Waals surface area contributed by atoms with Crippen LogP contribution < -0.4 is 11.2 Å². The number of unbranched alkanes of at least 4 members (excludes halogenated alkanes) is 1. The lowest BCUT2D eigenvalue weighted by molar-refractivity contribution is -0.539. The molecule has 0 rings (SSSR count). The maximum Gasteiger partial charge on any atom is 0.114 e. The number of nitrogens with one attached hydrogen (secondary N) is 1. The summed E-state index contributed by atoms with van der Waals surface area (Å²) in [6.45, 7) is 7.44. The van der Waals surface area contributed by atoms with Gasteiger partial charge in [-0.15, -0.1) is 4.99 Å². The fourth-order valence-electron chi connectivity index (χ4n) is 1.60. The monoisotopic (exact) mass is 308 g/mol. The van der Waals surface area contributed by atoms with E-state index in [-0.39, 0.29) is 19.3 Å². The molecule has 3 unspecified atom stereocenters. The number of hydroxylamine groups is 1. The maximum atomic E-state index is 9.64. The van der Waals surface area contributed by atoms with Crippen LogP contribution in [0.2, 0.25) is 0 Å². The third-order valence-electron chi connectivity index (χ3n) is 3.15. The number of ether oxygens (including phenoxy) is 1. The van der Waals surface area contributed by atoms with Gasteiger partial charge in [-0.05, 0) is 24.3 Å². The molecule has 3 atom stereocenters. The summed E-state index contributed by atoms with van der Waals surface area (Å²) in [5.74, 6) is 0.555. The van der Waals surface area contributed by atoms with Crippen molar-refractivity contribution in [2.75, 3.05) is 26.4 Å². The minimum atomic E-state index is -0.746. The van der Waals surface area contributed by atoms with Crippen LogP contribution in [-0.4, -0.2) is 43.6 Å². The number of nitrogens with two attached hydrogens (primary N) is 1. The summed E-state index contributed by atoms with van der Waals surface area (Å²) in [5.41, 5.74) is 7.87. The van der Waals surface area contributed by atoms with Crippen molar-refractivity contribution in [2.24, 2.45) is 11.7 Å². The number of aliphatic hydroxyl groups excluding tert-OH is 1. The highest BCUT2D eigenvalue weighted by atomic mass is 17.5. The molecule has 0 aliphatic heterocycles. The molecule has 0 aliphatic carbocycles. The lowest BCUT2D eigenvalue weighted by Gasteiger charge is -2.16. The van der Waals surface area contributed by atoms with Crippen LogP contribution in [0.3, 0.4) is 0 Å². The molecule has 0 saturated carbocycles. The molecule has 7 nitrogen and oxygen atoms in total. The number of hydrogen-bond acceptors (Lipinski definition) is 7. The van der Waals surface area contributed by atoms with Gasteiger partial charge in [-0.25, -0.2) is 4.89 Å². The minimum absolute atomic E-state index is 0.0234. The topological polar surface area (TPSA) is 95.2 Å². The van der Waals surface area contributed by atoms with E-state index in [1.54, 1.807) is 0 Å². The molecule has 0 aromatic carbocycles. The summed E-state index contributed by atoms with van der Waals surface area (Å²) in [6, 6.07) is -0.0454. The summed E-state index contributed by atoms with van der Waals surface area (Å²) in [6.07, 6.45) is 3.92. The molecule has 0 aromatic heterocycles. The molecule has 0 aromatic rings. The van der Waals surface area contributed by atoms with Gasteiger partial charge in [0, 0.05) is 19.2 Å². The Labute approximate surface area is 127 Å². The molecule has 0 radical (unpaired) electrons. The first kappa shape index (κ1) is 20.7. The summed E-state index contributed by atoms with van der Waals surface area (Å²) < 4.78 is 5.50. The smallest absolute Gasteiger partial charge is 0.114 e. The molecule has 0 amide bonds. The molecule has 0 saturated heterocycles. The fourth-order valence-corrected chi connectivity index (χ4v) is 1.60. The Balaban J connectivity index is 3.46. The molecule has 0 aliphatic rings. The Morgan fingerprint density at radius 1 is 1.19 bits per heavy atom. The van der Waals surface area contributed by atoms with E-state index in [4.69, 9.17) is 10.5 Å². The molecule has 4 N–H and O–H groups in total. The normalized spacial score (nSPS) is 15.9. The number of hydrogen-bond donors (Lipinski definition) is 3. The fraction of sp³-hybridized carbons (Fsp3) is 1.00.